The molecule has 1 rings (SSSR count). The highest BCUT2D eigenvalue weighted by atomic mass is 16.6. The molecule has 2 atom stereocenters. The standard InChI is InChI=1S/C12H22O3/c1-9(2)7-11-8-12(4,5-6-14-11)15-10(3)13/h9,11H,5-8H2,1-4H3/t11-,12+/m0/s1. The fraction of sp³-hybridized carbons (Fsp3) is 0.917. The zero-order chi connectivity index (χ0) is 11.5. The van der Waals surface area contributed by atoms with Crippen molar-refractivity contribution in [1.82, 2.24) is 0 Å². The van der Waals surface area contributed by atoms with Crippen molar-refractivity contribution in [2.45, 2.75) is 58.7 Å². The lowest BCUT2D eigenvalue weighted by Gasteiger charge is -2.38. The third-order valence-corrected chi connectivity index (χ3v) is 2.77. The van der Waals surface area contributed by atoms with Crippen molar-refractivity contribution in [3.63, 3.8) is 0 Å². The Bertz CT molecular complexity index is 225. The van der Waals surface area contributed by atoms with E-state index in [1.807, 2.05) is 6.92 Å². The maximum Gasteiger partial charge on any atom is 0.303 e. The van der Waals surface area contributed by atoms with Crippen molar-refractivity contribution in [2.24, 2.45) is 5.92 Å². The van der Waals surface area contributed by atoms with Crippen molar-refractivity contribution < 1.29 is 14.3 Å². The molecule has 1 aliphatic heterocycles. The summed E-state index contributed by atoms with van der Waals surface area (Å²) < 4.78 is 11.0. The second-order valence-electron chi connectivity index (χ2n) is 5.12. The molecule has 3 heteroatoms. The van der Waals surface area contributed by atoms with E-state index < -0.39 is 0 Å². The molecule has 1 aliphatic rings. The SMILES string of the molecule is CC(=O)O[C@]1(C)CCO[C@@H](CC(C)C)C1. The van der Waals surface area contributed by atoms with Gasteiger partial charge in [0.2, 0.25) is 0 Å². The largest absolute Gasteiger partial charge is 0.459 e. The van der Waals surface area contributed by atoms with Crippen LogP contribution in [0.25, 0.3) is 0 Å². The van der Waals surface area contributed by atoms with Gasteiger partial charge in [-0.05, 0) is 19.3 Å². The second kappa shape index (κ2) is 4.97. The molecule has 0 aliphatic carbocycles. The predicted molar refractivity (Wildman–Crippen MR) is 58.6 cm³/mol. The summed E-state index contributed by atoms with van der Waals surface area (Å²) in [5.74, 6) is 0.428. The van der Waals surface area contributed by atoms with Crippen LogP contribution in [0.2, 0.25) is 0 Å². The molecular formula is C12H22O3. The lowest BCUT2D eigenvalue weighted by atomic mass is 9.88. The minimum absolute atomic E-state index is 0.192. The number of carbonyl (C=O) groups is 1. The Morgan fingerprint density at radius 2 is 2.27 bits per heavy atom. The van der Waals surface area contributed by atoms with E-state index in [-0.39, 0.29) is 17.7 Å². The Morgan fingerprint density at radius 3 is 2.80 bits per heavy atom. The average Bonchev–Trinajstić information content (AvgIpc) is 1.99. The molecule has 0 N–H and O–H groups in total. The van der Waals surface area contributed by atoms with Gasteiger partial charge in [0.15, 0.2) is 0 Å². The van der Waals surface area contributed by atoms with Crippen molar-refractivity contribution in [2.75, 3.05) is 6.61 Å². The molecule has 1 fully saturated rings. The molecule has 0 bridgehead atoms. The van der Waals surface area contributed by atoms with Crippen LogP contribution >= 0.6 is 0 Å². The molecule has 0 aromatic carbocycles. The molecule has 0 saturated carbocycles. The number of carbonyl (C=O) groups excluding carboxylic acids is 1. The summed E-state index contributed by atoms with van der Waals surface area (Å²) in [7, 11) is 0. The first-order chi connectivity index (χ1) is 6.91. The number of hydrogen-bond donors (Lipinski definition) is 0. The summed E-state index contributed by atoms with van der Waals surface area (Å²) >= 11 is 0. The van der Waals surface area contributed by atoms with Crippen molar-refractivity contribution >= 4 is 5.97 Å². The molecule has 88 valence electrons. The number of hydrogen-bond acceptors (Lipinski definition) is 3. The molecule has 0 aromatic heterocycles. The predicted octanol–water partition coefficient (Wildman–Crippen LogP) is 2.53. The smallest absolute Gasteiger partial charge is 0.303 e. The normalized spacial score (nSPS) is 31.7. The molecule has 1 heterocycles. The van der Waals surface area contributed by atoms with Gasteiger partial charge in [-0.3, -0.25) is 4.79 Å². The van der Waals surface area contributed by atoms with Gasteiger partial charge in [0.1, 0.15) is 5.60 Å². The van der Waals surface area contributed by atoms with E-state index >= 15 is 0 Å². The van der Waals surface area contributed by atoms with Crippen LogP contribution in [0.15, 0.2) is 0 Å². The Hall–Kier alpha value is -0.570. The summed E-state index contributed by atoms with van der Waals surface area (Å²) in [4.78, 5) is 11.0. The van der Waals surface area contributed by atoms with Gasteiger partial charge >= 0.3 is 5.97 Å². The molecule has 3 nitrogen and oxygen atoms in total. The van der Waals surface area contributed by atoms with Crippen LogP contribution in [-0.4, -0.2) is 24.3 Å². The van der Waals surface area contributed by atoms with Gasteiger partial charge in [0.25, 0.3) is 0 Å². The van der Waals surface area contributed by atoms with Crippen molar-refractivity contribution in [3.8, 4) is 0 Å². The van der Waals surface area contributed by atoms with E-state index in [1.54, 1.807) is 0 Å². The van der Waals surface area contributed by atoms with Gasteiger partial charge in [-0.2, -0.15) is 0 Å². The summed E-state index contributed by atoms with van der Waals surface area (Å²) in [6.45, 7) is 8.53. The van der Waals surface area contributed by atoms with E-state index in [0.29, 0.717) is 12.5 Å². The summed E-state index contributed by atoms with van der Waals surface area (Å²) in [6, 6.07) is 0. The van der Waals surface area contributed by atoms with Gasteiger partial charge in [-0.25, -0.2) is 0 Å². The minimum Gasteiger partial charge on any atom is -0.459 e. The summed E-state index contributed by atoms with van der Waals surface area (Å²) in [5.41, 5.74) is -0.316. The van der Waals surface area contributed by atoms with E-state index in [0.717, 1.165) is 19.3 Å². The molecule has 0 unspecified atom stereocenters. The van der Waals surface area contributed by atoms with Gasteiger partial charge in [0.05, 0.1) is 12.7 Å². The average molecular weight is 214 g/mol. The Kier molecular flexibility index (Phi) is 4.14. The van der Waals surface area contributed by atoms with Crippen LogP contribution in [0, 0.1) is 5.92 Å². The van der Waals surface area contributed by atoms with Crippen molar-refractivity contribution in [1.29, 1.82) is 0 Å². The highest BCUT2D eigenvalue weighted by Gasteiger charge is 2.35. The topological polar surface area (TPSA) is 35.5 Å². The molecule has 1 saturated heterocycles. The van der Waals surface area contributed by atoms with Gasteiger partial charge in [-0.1, -0.05) is 13.8 Å². The first-order valence-electron chi connectivity index (χ1n) is 5.72. The highest BCUT2D eigenvalue weighted by molar-refractivity contribution is 5.66. The van der Waals surface area contributed by atoms with Crippen LogP contribution < -0.4 is 0 Å². The fourth-order valence-electron chi connectivity index (χ4n) is 2.20. The first kappa shape index (κ1) is 12.5. The van der Waals surface area contributed by atoms with Crippen LogP contribution in [0.1, 0.15) is 47.0 Å². The Balaban J connectivity index is 2.50. The molecule has 15 heavy (non-hydrogen) atoms. The monoisotopic (exact) mass is 214 g/mol. The quantitative estimate of drug-likeness (QED) is 0.677. The molecular weight excluding hydrogens is 192 g/mol. The van der Waals surface area contributed by atoms with Gasteiger partial charge < -0.3 is 9.47 Å². The Morgan fingerprint density at radius 1 is 1.60 bits per heavy atom. The third kappa shape index (κ3) is 4.20. The fourth-order valence-corrected chi connectivity index (χ4v) is 2.20. The maximum atomic E-state index is 11.0. The minimum atomic E-state index is -0.316. The van der Waals surface area contributed by atoms with Crippen molar-refractivity contribution in [3.05, 3.63) is 0 Å². The van der Waals surface area contributed by atoms with E-state index in [2.05, 4.69) is 13.8 Å². The van der Waals surface area contributed by atoms with E-state index in [1.165, 1.54) is 6.92 Å². The number of rotatable bonds is 3. The lowest BCUT2D eigenvalue weighted by molar-refractivity contribution is -0.170. The second-order valence-corrected chi connectivity index (χ2v) is 5.12. The molecule has 0 spiro atoms. The zero-order valence-electron chi connectivity index (χ0n) is 10.2. The summed E-state index contributed by atoms with van der Waals surface area (Å²) in [6.07, 6.45) is 2.91. The lowest BCUT2D eigenvalue weighted by Crippen LogP contribution is -2.42. The van der Waals surface area contributed by atoms with Crippen LogP contribution in [0.4, 0.5) is 0 Å². The summed E-state index contributed by atoms with van der Waals surface area (Å²) in [5, 5.41) is 0. The number of ether oxygens (including phenoxy) is 2. The Labute approximate surface area is 92.1 Å². The highest BCUT2D eigenvalue weighted by Crippen LogP contribution is 2.30. The zero-order valence-corrected chi connectivity index (χ0v) is 10.2. The first-order valence-corrected chi connectivity index (χ1v) is 5.72. The maximum absolute atomic E-state index is 11.0. The number of esters is 1. The van der Waals surface area contributed by atoms with E-state index in [4.69, 9.17) is 9.47 Å². The van der Waals surface area contributed by atoms with Crippen LogP contribution in [0.5, 0.6) is 0 Å². The molecule has 0 amide bonds. The van der Waals surface area contributed by atoms with Gasteiger partial charge in [-0.15, -0.1) is 0 Å². The molecule has 0 aromatic rings. The van der Waals surface area contributed by atoms with E-state index in [9.17, 15) is 4.79 Å². The van der Waals surface area contributed by atoms with Crippen LogP contribution in [0.3, 0.4) is 0 Å². The third-order valence-electron chi connectivity index (χ3n) is 2.77. The molecule has 0 radical (unpaired) electrons. The van der Waals surface area contributed by atoms with Gasteiger partial charge in [0, 0.05) is 19.8 Å². The van der Waals surface area contributed by atoms with Crippen LogP contribution in [-0.2, 0) is 14.3 Å².